The first-order valence-corrected chi connectivity index (χ1v) is 10.7. The topological polar surface area (TPSA) is 70.4 Å². The Labute approximate surface area is 182 Å². The summed E-state index contributed by atoms with van der Waals surface area (Å²) in [6.45, 7) is 2.11. The highest BCUT2D eigenvalue weighted by molar-refractivity contribution is 7.99. The molecule has 0 aliphatic carbocycles. The maximum absolute atomic E-state index is 13.3. The molecule has 154 valence electrons. The largest absolute Gasteiger partial charge is 0.454 e. The van der Waals surface area contributed by atoms with E-state index in [4.69, 9.17) is 14.5 Å². The fourth-order valence-electron chi connectivity index (χ4n) is 3.52. The average molecular weight is 430 g/mol. The van der Waals surface area contributed by atoms with Gasteiger partial charge in [-0.15, -0.1) is 0 Å². The van der Waals surface area contributed by atoms with Gasteiger partial charge in [-0.3, -0.25) is 14.2 Å². The quantitative estimate of drug-likeness (QED) is 0.266. The smallest absolute Gasteiger partial charge is 0.266 e. The van der Waals surface area contributed by atoms with Crippen molar-refractivity contribution in [1.29, 1.82) is 0 Å². The Kier molecular flexibility index (Phi) is 4.95. The van der Waals surface area contributed by atoms with Gasteiger partial charge in [-0.05, 0) is 48.9 Å². The van der Waals surface area contributed by atoms with E-state index < -0.39 is 0 Å². The number of benzene rings is 3. The third-order valence-electron chi connectivity index (χ3n) is 5.13. The summed E-state index contributed by atoms with van der Waals surface area (Å²) in [7, 11) is 0. The zero-order chi connectivity index (χ0) is 21.4. The van der Waals surface area contributed by atoms with Gasteiger partial charge >= 0.3 is 0 Å². The number of ketones is 1. The van der Waals surface area contributed by atoms with Gasteiger partial charge in [-0.2, -0.15) is 0 Å². The molecule has 0 radical (unpaired) electrons. The normalized spacial score (nSPS) is 12.3. The number of aromatic nitrogens is 2. The number of carbonyl (C=O) groups is 1. The van der Waals surface area contributed by atoms with Crippen molar-refractivity contribution in [2.45, 2.75) is 12.1 Å². The number of aryl methyl sites for hydroxylation is 1. The highest BCUT2D eigenvalue weighted by Gasteiger charge is 2.19. The Morgan fingerprint density at radius 1 is 1.03 bits per heavy atom. The second kappa shape index (κ2) is 7.92. The minimum atomic E-state index is -0.155. The monoisotopic (exact) mass is 430 g/mol. The molecule has 0 bridgehead atoms. The van der Waals surface area contributed by atoms with Crippen molar-refractivity contribution >= 4 is 28.4 Å². The Bertz CT molecular complexity index is 1380. The number of hydrogen-bond donors (Lipinski definition) is 0. The second-order valence-corrected chi connectivity index (χ2v) is 8.06. The van der Waals surface area contributed by atoms with Gasteiger partial charge in [0, 0.05) is 5.56 Å². The molecule has 0 atom stereocenters. The summed E-state index contributed by atoms with van der Waals surface area (Å²) in [5, 5.41) is 1.02. The van der Waals surface area contributed by atoms with Crippen LogP contribution in [0.3, 0.4) is 0 Å². The van der Waals surface area contributed by atoms with Crippen LogP contribution in [0.1, 0.15) is 15.9 Å². The van der Waals surface area contributed by atoms with E-state index in [0.29, 0.717) is 33.1 Å². The van der Waals surface area contributed by atoms with E-state index in [9.17, 15) is 9.59 Å². The van der Waals surface area contributed by atoms with Crippen LogP contribution in [0.5, 0.6) is 11.5 Å². The van der Waals surface area contributed by atoms with Crippen molar-refractivity contribution < 1.29 is 14.3 Å². The van der Waals surface area contributed by atoms with Crippen LogP contribution in [0, 0.1) is 6.92 Å². The SMILES string of the molecule is Cc1ccccc1-n1c(SCC(=O)c2ccc3c(c2)OCO3)nc2ccccc2c1=O. The molecule has 1 aliphatic rings. The van der Waals surface area contributed by atoms with Crippen LogP contribution in [0.4, 0.5) is 0 Å². The summed E-state index contributed by atoms with van der Waals surface area (Å²) in [6.07, 6.45) is 0. The summed E-state index contributed by atoms with van der Waals surface area (Å²) < 4.78 is 12.3. The average Bonchev–Trinajstić information content (AvgIpc) is 3.26. The van der Waals surface area contributed by atoms with Crippen molar-refractivity contribution in [3.05, 3.63) is 88.2 Å². The molecular weight excluding hydrogens is 412 g/mol. The number of fused-ring (bicyclic) bond motifs is 2. The molecule has 2 heterocycles. The van der Waals surface area contributed by atoms with Crippen LogP contribution in [-0.4, -0.2) is 27.9 Å². The fraction of sp³-hybridized carbons (Fsp3) is 0.125. The van der Waals surface area contributed by atoms with Gasteiger partial charge in [0.1, 0.15) is 0 Å². The van der Waals surface area contributed by atoms with E-state index in [1.54, 1.807) is 28.8 Å². The van der Waals surface area contributed by atoms with Crippen molar-refractivity contribution in [1.82, 2.24) is 9.55 Å². The van der Waals surface area contributed by atoms with E-state index in [1.807, 2.05) is 49.4 Å². The molecule has 0 saturated carbocycles. The van der Waals surface area contributed by atoms with Crippen molar-refractivity contribution in [2.75, 3.05) is 12.5 Å². The van der Waals surface area contributed by atoms with E-state index in [-0.39, 0.29) is 23.9 Å². The van der Waals surface area contributed by atoms with Crippen LogP contribution in [0.25, 0.3) is 16.6 Å². The van der Waals surface area contributed by atoms with Crippen LogP contribution in [0.15, 0.2) is 76.7 Å². The molecule has 4 aromatic rings. The number of nitrogens with zero attached hydrogens (tertiary/aromatic N) is 2. The molecule has 6 nitrogen and oxygen atoms in total. The summed E-state index contributed by atoms with van der Waals surface area (Å²) >= 11 is 1.25. The van der Waals surface area contributed by atoms with Gasteiger partial charge in [0.25, 0.3) is 5.56 Å². The van der Waals surface area contributed by atoms with Crippen molar-refractivity contribution in [3.8, 4) is 17.2 Å². The van der Waals surface area contributed by atoms with E-state index >= 15 is 0 Å². The minimum absolute atomic E-state index is 0.0814. The molecule has 7 heteroatoms. The molecule has 31 heavy (non-hydrogen) atoms. The lowest BCUT2D eigenvalue weighted by molar-refractivity contribution is 0.102. The number of Topliss-reactive ketones (excluding diaryl/α,β-unsaturated/α-hetero) is 1. The van der Waals surface area contributed by atoms with Crippen LogP contribution >= 0.6 is 11.8 Å². The van der Waals surface area contributed by atoms with Gasteiger partial charge in [-0.1, -0.05) is 42.1 Å². The second-order valence-electron chi connectivity index (χ2n) is 7.12. The fourth-order valence-corrected chi connectivity index (χ4v) is 4.42. The first-order chi connectivity index (χ1) is 15.1. The molecule has 0 amide bonds. The molecule has 0 N–H and O–H groups in total. The van der Waals surface area contributed by atoms with E-state index in [1.165, 1.54) is 11.8 Å². The number of thioether (sulfide) groups is 1. The van der Waals surface area contributed by atoms with E-state index in [2.05, 4.69) is 0 Å². The maximum Gasteiger partial charge on any atom is 0.266 e. The maximum atomic E-state index is 13.3. The first kappa shape index (κ1) is 19.4. The lowest BCUT2D eigenvalue weighted by Crippen LogP contribution is -2.23. The Morgan fingerprint density at radius 3 is 2.68 bits per heavy atom. The van der Waals surface area contributed by atoms with Crippen molar-refractivity contribution in [2.24, 2.45) is 0 Å². The van der Waals surface area contributed by atoms with E-state index in [0.717, 1.165) is 11.3 Å². The molecule has 1 aliphatic heterocycles. The summed E-state index contributed by atoms with van der Waals surface area (Å²) in [4.78, 5) is 30.9. The minimum Gasteiger partial charge on any atom is -0.454 e. The van der Waals surface area contributed by atoms with Gasteiger partial charge < -0.3 is 9.47 Å². The van der Waals surface area contributed by atoms with Gasteiger partial charge in [0.05, 0.1) is 22.3 Å². The zero-order valence-corrected chi connectivity index (χ0v) is 17.5. The molecule has 3 aromatic carbocycles. The molecule has 1 aromatic heterocycles. The lowest BCUT2D eigenvalue weighted by atomic mass is 10.1. The molecule has 0 saturated heterocycles. The van der Waals surface area contributed by atoms with Crippen molar-refractivity contribution in [3.63, 3.8) is 0 Å². The molecule has 0 spiro atoms. The van der Waals surface area contributed by atoms with Gasteiger partial charge in [0.15, 0.2) is 22.4 Å². The standard InChI is InChI=1S/C24H18N2O4S/c1-15-6-2-5-9-19(15)26-23(28)17-7-3-4-8-18(17)25-24(26)31-13-20(27)16-10-11-21-22(12-16)30-14-29-21/h2-12H,13-14H2,1H3. The van der Waals surface area contributed by atoms with Crippen LogP contribution in [-0.2, 0) is 0 Å². The number of carbonyl (C=O) groups excluding carboxylic acids is 1. The molecule has 0 fully saturated rings. The number of hydrogen-bond acceptors (Lipinski definition) is 6. The molecule has 5 rings (SSSR count). The first-order valence-electron chi connectivity index (χ1n) is 9.75. The lowest BCUT2D eigenvalue weighted by Gasteiger charge is -2.15. The highest BCUT2D eigenvalue weighted by atomic mass is 32.2. The van der Waals surface area contributed by atoms with Gasteiger partial charge in [0.2, 0.25) is 6.79 Å². The van der Waals surface area contributed by atoms with Crippen LogP contribution in [0.2, 0.25) is 0 Å². The summed E-state index contributed by atoms with van der Waals surface area (Å²) in [5.74, 6) is 1.25. The number of rotatable bonds is 5. The third-order valence-corrected chi connectivity index (χ3v) is 6.07. The summed E-state index contributed by atoms with van der Waals surface area (Å²) in [5.41, 5.74) is 2.69. The summed E-state index contributed by atoms with van der Waals surface area (Å²) in [6, 6.07) is 20.0. The number of para-hydroxylation sites is 2. The highest BCUT2D eigenvalue weighted by Crippen LogP contribution is 2.33. The van der Waals surface area contributed by atoms with Gasteiger partial charge in [-0.25, -0.2) is 4.98 Å². The Hall–Kier alpha value is -3.58. The predicted octanol–water partition coefficient (Wildman–Crippen LogP) is 4.40. The zero-order valence-electron chi connectivity index (χ0n) is 16.7. The Morgan fingerprint density at radius 2 is 1.81 bits per heavy atom. The Balaban J connectivity index is 1.53. The molecule has 0 unspecified atom stereocenters. The number of ether oxygens (including phenoxy) is 2. The molecular formula is C24H18N2O4S. The predicted molar refractivity (Wildman–Crippen MR) is 120 cm³/mol. The van der Waals surface area contributed by atoms with Crippen LogP contribution < -0.4 is 15.0 Å². The third kappa shape index (κ3) is 3.57.